The van der Waals surface area contributed by atoms with Crippen LogP contribution in [0.5, 0.6) is 0 Å². The molecule has 94 valence electrons. The van der Waals surface area contributed by atoms with Gasteiger partial charge in [0.2, 0.25) is 10.0 Å². The van der Waals surface area contributed by atoms with E-state index in [9.17, 15) is 18.0 Å². The predicted octanol–water partition coefficient (Wildman–Crippen LogP) is -2.09. The molecule has 0 rings (SSSR count). The number of sulfonamides is 1. The topological polar surface area (TPSA) is 130 Å². The number of carbonyl (C=O) groups excluding carboxylic acids is 1. The maximum absolute atomic E-state index is 11.2. The Hall–Kier alpha value is -1.19. The van der Waals surface area contributed by atoms with Crippen molar-refractivity contribution in [1.82, 2.24) is 4.72 Å². The first-order chi connectivity index (χ1) is 7.28. The first-order valence-corrected chi connectivity index (χ1v) is 5.88. The maximum Gasteiger partial charge on any atom is 0.333 e. The van der Waals surface area contributed by atoms with Crippen molar-refractivity contribution in [1.29, 1.82) is 0 Å². The third-order valence-corrected chi connectivity index (χ3v) is 2.93. The Kier molecular flexibility index (Phi) is 5.93. The summed E-state index contributed by atoms with van der Waals surface area (Å²) in [4.78, 5) is 20.8. The molecule has 0 saturated heterocycles. The van der Waals surface area contributed by atoms with Gasteiger partial charge in [0.15, 0.2) is 6.10 Å². The van der Waals surface area contributed by atoms with Gasteiger partial charge in [0.1, 0.15) is 0 Å². The number of aliphatic hydroxyl groups is 1. The van der Waals surface area contributed by atoms with Crippen molar-refractivity contribution in [3.63, 3.8) is 0 Å². The Morgan fingerprint density at radius 1 is 1.44 bits per heavy atom. The lowest BCUT2D eigenvalue weighted by Gasteiger charge is -2.08. The van der Waals surface area contributed by atoms with E-state index in [-0.39, 0.29) is 6.42 Å². The van der Waals surface area contributed by atoms with Gasteiger partial charge in [-0.2, -0.15) is 0 Å². The molecular formula is C7H13NO7S. The molecule has 0 amide bonds. The summed E-state index contributed by atoms with van der Waals surface area (Å²) < 4.78 is 28.4. The second-order valence-electron chi connectivity index (χ2n) is 2.85. The highest BCUT2D eigenvalue weighted by molar-refractivity contribution is 7.89. The summed E-state index contributed by atoms with van der Waals surface area (Å²) in [5.41, 5.74) is 0. The van der Waals surface area contributed by atoms with Gasteiger partial charge in [-0.15, -0.1) is 0 Å². The van der Waals surface area contributed by atoms with Crippen LogP contribution in [0.1, 0.15) is 6.42 Å². The second kappa shape index (κ2) is 6.40. The lowest BCUT2D eigenvalue weighted by atomic mass is 10.4. The standard InChI is InChI=1S/C7H13NO7S/c1-15-6(10)2-3-16(13,14)8-4-5(9)7(11)12/h5,8-9H,2-4H2,1H3,(H,11,12)/t5-/m0/s1. The van der Waals surface area contributed by atoms with Crippen LogP contribution in [-0.2, 0) is 24.3 Å². The summed E-state index contributed by atoms with van der Waals surface area (Å²) in [7, 11) is -2.67. The van der Waals surface area contributed by atoms with Crippen molar-refractivity contribution < 1.29 is 33.0 Å². The number of ether oxygens (including phenoxy) is 1. The number of nitrogens with one attached hydrogen (secondary N) is 1. The minimum Gasteiger partial charge on any atom is -0.479 e. The normalized spacial score (nSPS) is 13.1. The molecule has 0 aromatic rings. The fourth-order valence-corrected chi connectivity index (χ4v) is 1.68. The Bertz CT molecular complexity index is 350. The largest absolute Gasteiger partial charge is 0.479 e. The number of esters is 1. The van der Waals surface area contributed by atoms with E-state index in [1.54, 1.807) is 0 Å². The van der Waals surface area contributed by atoms with Crippen LogP contribution in [-0.4, -0.2) is 56.1 Å². The zero-order chi connectivity index (χ0) is 12.8. The molecule has 0 aromatic heterocycles. The molecule has 0 unspecified atom stereocenters. The molecule has 9 heteroatoms. The Balaban J connectivity index is 4.06. The van der Waals surface area contributed by atoms with Crippen LogP contribution in [0.4, 0.5) is 0 Å². The van der Waals surface area contributed by atoms with E-state index in [0.29, 0.717) is 0 Å². The quantitative estimate of drug-likeness (QED) is 0.445. The number of aliphatic carboxylic acids is 1. The molecule has 0 heterocycles. The molecule has 0 spiro atoms. The summed E-state index contributed by atoms with van der Waals surface area (Å²) in [5, 5.41) is 17.1. The van der Waals surface area contributed by atoms with Crippen LogP contribution in [0.25, 0.3) is 0 Å². The molecule has 16 heavy (non-hydrogen) atoms. The van der Waals surface area contributed by atoms with Crippen LogP contribution < -0.4 is 4.72 Å². The molecule has 8 nitrogen and oxygen atoms in total. The average Bonchev–Trinajstić information content (AvgIpc) is 2.22. The van der Waals surface area contributed by atoms with Crippen molar-refractivity contribution in [2.45, 2.75) is 12.5 Å². The van der Waals surface area contributed by atoms with Gasteiger partial charge in [-0.3, -0.25) is 4.79 Å². The van der Waals surface area contributed by atoms with E-state index in [0.717, 1.165) is 7.11 Å². The molecule has 0 aliphatic heterocycles. The highest BCUT2D eigenvalue weighted by atomic mass is 32.2. The Labute approximate surface area is 92.3 Å². The molecule has 0 bridgehead atoms. The number of carboxylic acids is 1. The zero-order valence-corrected chi connectivity index (χ0v) is 9.36. The fraction of sp³-hybridized carbons (Fsp3) is 0.714. The first kappa shape index (κ1) is 14.8. The molecule has 0 radical (unpaired) electrons. The van der Waals surface area contributed by atoms with Gasteiger partial charge in [0, 0.05) is 6.54 Å². The van der Waals surface area contributed by atoms with E-state index >= 15 is 0 Å². The monoisotopic (exact) mass is 255 g/mol. The number of aliphatic hydroxyl groups excluding tert-OH is 1. The highest BCUT2D eigenvalue weighted by Crippen LogP contribution is 1.92. The van der Waals surface area contributed by atoms with Crippen molar-refractivity contribution >= 4 is 22.0 Å². The van der Waals surface area contributed by atoms with E-state index < -0.39 is 40.4 Å². The Morgan fingerprint density at radius 2 is 2.00 bits per heavy atom. The highest BCUT2D eigenvalue weighted by Gasteiger charge is 2.18. The number of rotatable bonds is 7. The van der Waals surface area contributed by atoms with E-state index in [1.807, 2.05) is 4.72 Å². The van der Waals surface area contributed by atoms with Crippen molar-refractivity contribution in [3.8, 4) is 0 Å². The summed E-state index contributed by atoms with van der Waals surface area (Å²) >= 11 is 0. The minimum atomic E-state index is -3.79. The summed E-state index contributed by atoms with van der Waals surface area (Å²) in [6.45, 7) is -0.640. The molecule has 0 aliphatic carbocycles. The molecule has 0 aromatic carbocycles. The summed E-state index contributed by atoms with van der Waals surface area (Å²) in [6, 6.07) is 0. The van der Waals surface area contributed by atoms with Crippen molar-refractivity contribution in [2.24, 2.45) is 0 Å². The third kappa shape index (κ3) is 6.32. The Morgan fingerprint density at radius 3 is 2.44 bits per heavy atom. The lowest BCUT2D eigenvalue weighted by molar-refractivity contribution is -0.146. The van der Waals surface area contributed by atoms with Crippen LogP contribution in [0.15, 0.2) is 0 Å². The molecule has 0 aliphatic rings. The SMILES string of the molecule is COC(=O)CCS(=O)(=O)NC[C@H](O)C(=O)O. The average molecular weight is 255 g/mol. The van der Waals surface area contributed by atoms with Crippen LogP contribution in [0.3, 0.4) is 0 Å². The number of carbonyl (C=O) groups is 2. The van der Waals surface area contributed by atoms with Crippen LogP contribution >= 0.6 is 0 Å². The van der Waals surface area contributed by atoms with E-state index in [1.165, 1.54) is 0 Å². The predicted molar refractivity (Wildman–Crippen MR) is 52.1 cm³/mol. The maximum atomic E-state index is 11.2. The molecule has 0 fully saturated rings. The van der Waals surface area contributed by atoms with Gasteiger partial charge >= 0.3 is 11.9 Å². The summed E-state index contributed by atoms with van der Waals surface area (Å²) in [6.07, 6.45) is -2.15. The number of methoxy groups -OCH3 is 1. The van der Waals surface area contributed by atoms with Gasteiger partial charge in [0.25, 0.3) is 0 Å². The third-order valence-electron chi connectivity index (χ3n) is 1.58. The van der Waals surface area contributed by atoms with Crippen molar-refractivity contribution in [3.05, 3.63) is 0 Å². The number of hydrogen-bond acceptors (Lipinski definition) is 6. The first-order valence-electron chi connectivity index (χ1n) is 4.23. The van der Waals surface area contributed by atoms with Crippen LogP contribution in [0, 0.1) is 0 Å². The van der Waals surface area contributed by atoms with Gasteiger partial charge in [-0.1, -0.05) is 0 Å². The van der Waals surface area contributed by atoms with Crippen LogP contribution in [0.2, 0.25) is 0 Å². The number of carboxylic acid groups (broad SMARTS) is 1. The van der Waals surface area contributed by atoms with E-state index in [2.05, 4.69) is 4.74 Å². The second-order valence-corrected chi connectivity index (χ2v) is 4.77. The van der Waals surface area contributed by atoms with E-state index in [4.69, 9.17) is 10.2 Å². The number of hydrogen-bond donors (Lipinski definition) is 3. The molecule has 1 atom stereocenters. The fourth-order valence-electron chi connectivity index (χ4n) is 0.685. The van der Waals surface area contributed by atoms with Gasteiger partial charge < -0.3 is 14.9 Å². The molecule has 3 N–H and O–H groups in total. The minimum absolute atomic E-state index is 0.338. The van der Waals surface area contributed by atoms with Gasteiger partial charge in [0.05, 0.1) is 19.3 Å². The zero-order valence-electron chi connectivity index (χ0n) is 8.54. The summed E-state index contributed by atoms with van der Waals surface area (Å²) in [5.74, 6) is -2.74. The van der Waals surface area contributed by atoms with Gasteiger partial charge in [-0.05, 0) is 0 Å². The molecule has 0 saturated carbocycles. The smallest absolute Gasteiger partial charge is 0.333 e. The lowest BCUT2D eigenvalue weighted by Crippen LogP contribution is -2.37. The van der Waals surface area contributed by atoms with Gasteiger partial charge in [-0.25, -0.2) is 17.9 Å². The van der Waals surface area contributed by atoms with Crippen molar-refractivity contribution in [2.75, 3.05) is 19.4 Å². The molecular weight excluding hydrogens is 242 g/mol.